The molecule has 3 unspecified atom stereocenters. The van der Waals surface area contributed by atoms with Crippen molar-refractivity contribution >= 4 is 28.4 Å². The Hall–Kier alpha value is -1.47. The molecule has 1 aromatic rings. The second-order valence-electron chi connectivity index (χ2n) is 7.45. The largest absolute Gasteiger partial charge is 0.489 e. The van der Waals surface area contributed by atoms with Gasteiger partial charge in [-0.1, -0.05) is 24.9 Å². The summed E-state index contributed by atoms with van der Waals surface area (Å²) in [6.07, 6.45) is 5.02. The molecule has 8 heteroatoms. The minimum Gasteiger partial charge on any atom is -0.489 e. The Morgan fingerprint density at radius 1 is 1.24 bits per heavy atom. The number of nitrogens with one attached hydrogen (secondary N) is 2. The first-order valence-electron chi connectivity index (χ1n) is 10.6. The van der Waals surface area contributed by atoms with Crippen molar-refractivity contribution in [3.8, 4) is 11.5 Å². The summed E-state index contributed by atoms with van der Waals surface area (Å²) in [6, 6.07) is 4.15. The first kappa shape index (κ1) is 22.2. The van der Waals surface area contributed by atoms with Crippen LogP contribution in [-0.2, 0) is 17.3 Å². The van der Waals surface area contributed by atoms with Crippen molar-refractivity contribution in [1.29, 1.82) is 0 Å². The van der Waals surface area contributed by atoms with E-state index in [4.69, 9.17) is 26.1 Å². The molecule has 1 fully saturated rings. The number of nitrogens with zero attached hydrogens (tertiary/aromatic N) is 1. The topological polar surface area (TPSA) is 72.0 Å². The van der Waals surface area contributed by atoms with Crippen molar-refractivity contribution in [2.75, 3.05) is 25.5 Å². The fraction of sp³-hybridized carbons (Fsp3) is 0.667. The minimum atomic E-state index is -0.732. The van der Waals surface area contributed by atoms with Crippen LogP contribution in [0.2, 0.25) is 5.02 Å². The van der Waals surface area contributed by atoms with Gasteiger partial charge in [-0.25, -0.2) is 4.99 Å². The van der Waals surface area contributed by atoms with Gasteiger partial charge in [-0.3, -0.25) is 4.21 Å². The molecule has 0 radical (unpaired) electrons. The summed E-state index contributed by atoms with van der Waals surface area (Å²) >= 11 is 6.40. The highest BCUT2D eigenvalue weighted by Gasteiger charge is 2.26. The standard InChI is InChI=1S/C21H32ClN3O3S/c1-3-23-21(25-16-7-5-8-17(13-16)29(26)4-2)24-14-15-11-18(22)20-19(12-15)27-9-6-10-28-20/h11-12,16-17H,3-10,13-14H2,1-2H3,(H2,23,24,25). The Kier molecular flexibility index (Phi) is 8.48. The first-order chi connectivity index (χ1) is 14.1. The van der Waals surface area contributed by atoms with Gasteiger partial charge in [-0.2, -0.15) is 0 Å². The van der Waals surface area contributed by atoms with E-state index < -0.39 is 10.8 Å². The molecule has 2 aliphatic rings. The molecule has 0 saturated heterocycles. The lowest BCUT2D eigenvalue weighted by molar-refractivity contribution is 0.297. The summed E-state index contributed by atoms with van der Waals surface area (Å²) in [5.41, 5.74) is 0.977. The Bertz CT molecular complexity index is 744. The van der Waals surface area contributed by atoms with Crippen molar-refractivity contribution in [3.05, 3.63) is 22.7 Å². The SMILES string of the molecule is CCNC(=NCc1cc(Cl)c2c(c1)OCCCO2)NC1CCCC(S(=O)CC)C1. The number of fused-ring (bicyclic) bond motifs is 1. The highest BCUT2D eigenvalue weighted by atomic mass is 35.5. The van der Waals surface area contributed by atoms with E-state index in [2.05, 4.69) is 17.6 Å². The quantitative estimate of drug-likeness (QED) is 0.521. The lowest BCUT2D eigenvalue weighted by Crippen LogP contribution is -2.46. The van der Waals surface area contributed by atoms with Crippen LogP contribution in [0.25, 0.3) is 0 Å². The number of halogens is 1. The van der Waals surface area contributed by atoms with Crippen LogP contribution in [0.4, 0.5) is 0 Å². The molecule has 162 valence electrons. The number of benzene rings is 1. The summed E-state index contributed by atoms with van der Waals surface area (Å²) < 4.78 is 23.7. The number of hydrogen-bond acceptors (Lipinski definition) is 4. The fourth-order valence-corrected chi connectivity index (χ4v) is 5.45. The van der Waals surface area contributed by atoms with Gasteiger partial charge < -0.3 is 20.1 Å². The van der Waals surface area contributed by atoms with Gasteiger partial charge in [0.15, 0.2) is 17.5 Å². The normalized spacial score (nSPS) is 23.2. The smallest absolute Gasteiger partial charge is 0.191 e. The molecule has 0 amide bonds. The van der Waals surface area contributed by atoms with Crippen molar-refractivity contribution < 1.29 is 13.7 Å². The molecular formula is C21H32ClN3O3S. The van der Waals surface area contributed by atoms with Crippen molar-refractivity contribution in [1.82, 2.24) is 10.6 Å². The number of aliphatic imine (C=N–C) groups is 1. The molecule has 1 aliphatic heterocycles. The van der Waals surface area contributed by atoms with E-state index >= 15 is 0 Å². The molecule has 3 rings (SSSR count). The summed E-state index contributed by atoms with van der Waals surface area (Å²) in [7, 11) is -0.732. The Morgan fingerprint density at radius 2 is 2.07 bits per heavy atom. The Morgan fingerprint density at radius 3 is 2.86 bits per heavy atom. The zero-order chi connectivity index (χ0) is 20.6. The van der Waals surface area contributed by atoms with E-state index in [0.29, 0.717) is 42.3 Å². The zero-order valence-corrected chi connectivity index (χ0v) is 18.9. The maximum atomic E-state index is 12.2. The van der Waals surface area contributed by atoms with Gasteiger partial charge >= 0.3 is 0 Å². The van der Waals surface area contributed by atoms with Crippen molar-refractivity contribution in [2.45, 2.75) is 63.8 Å². The lowest BCUT2D eigenvalue weighted by Gasteiger charge is -2.30. The molecule has 3 atom stereocenters. The molecule has 1 aromatic carbocycles. The predicted octanol–water partition coefficient (Wildman–Crippen LogP) is 3.64. The van der Waals surface area contributed by atoms with Crippen LogP contribution in [0.1, 0.15) is 51.5 Å². The van der Waals surface area contributed by atoms with Crippen LogP contribution >= 0.6 is 11.6 Å². The van der Waals surface area contributed by atoms with E-state index in [-0.39, 0.29) is 5.25 Å². The third-order valence-electron chi connectivity index (χ3n) is 5.25. The summed E-state index contributed by atoms with van der Waals surface area (Å²) in [5, 5.41) is 7.70. The average molecular weight is 442 g/mol. The van der Waals surface area contributed by atoms with Crippen LogP contribution in [-0.4, -0.2) is 47.0 Å². The number of hydrogen-bond donors (Lipinski definition) is 2. The molecule has 6 nitrogen and oxygen atoms in total. The highest BCUT2D eigenvalue weighted by Crippen LogP contribution is 2.38. The van der Waals surface area contributed by atoms with E-state index in [0.717, 1.165) is 55.9 Å². The maximum Gasteiger partial charge on any atom is 0.191 e. The van der Waals surface area contributed by atoms with E-state index in [1.165, 1.54) is 0 Å². The van der Waals surface area contributed by atoms with Crippen molar-refractivity contribution in [3.63, 3.8) is 0 Å². The summed E-state index contributed by atoms with van der Waals surface area (Å²) in [4.78, 5) is 4.74. The van der Waals surface area contributed by atoms with E-state index in [1.807, 2.05) is 19.1 Å². The molecule has 2 N–H and O–H groups in total. The van der Waals surface area contributed by atoms with Crippen LogP contribution in [0, 0.1) is 0 Å². The van der Waals surface area contributed by atoms with Gasteiger partial charge in [0.25, 0.3) is 0 Å². The van der Waals surface area contributed by atoms with Crippen LogP contribution in [0.5, 0.6) is 11.5 Å². The number of rotatable bonds is 6. The van der Waals surface area contributed by atoms with E-state index in [1.54, 1.807) is 0 Å². The van der Waals surface area contributed by atoms with E-state index in [9.17, 15) is 4.21 Å². The van der Waals surface area contributed by atoms with Gasteiger partial charge in [-0.15, -0.1) is 0 Å². The van der Waals surface area contributed by atoms with Gasteiger partial charge in [0, 0.05) is 40.8 Å². The highest BCUT2D eigenvalue weighted by molar-refractivity contribution is 7.85. The third-order valence-corrected chi connectivity index (χ3v) is 7.27. The molecular weight excluding hydrogens is 410 g/mol. The van der Waals surface area contributed by atoms with Crippen LogP contribution < -0.4 is 20.1 Å². The van der Waals surface area contributed by atoms with Crippen LogP contribution in [0.15, 0.2) is 17.1 Å². The Balaban J connectivity index is 1.67. The van der Waals surface area contributed by atoms with Crippen molar-refractivity contribution in [2.24, 2.45) is 4.99 Å². The lowest BCUT2D eigenvalue weighted by atomic mass is 9.95. The molecule has 0 aromatic heterocycles. The molecule has 1 aliphatic carbocycles. The summed E-state index contributed by atoms with van der Waals surface area (Å²) in [6.45, 7) is 6.57. The maximum absolute atomic E-state index is 12.2. The van der Waals surface area contributed by atoms with Gasteiger partial charge in [0.2, 0.25) is 0 Å². The average Bonchev–Trinajstić information content (AvgIpc) is 2.98. The second kappa shape index (κ2) is 11.1. The predicted molar refractivity (Wildman–Crippen MR) is 120 cm³/mol. The molecule has 1 saturated carbocycles. The first-order valence-corrected chi connectivity index (χ1v) is 12.4. The van der Waals surface area contributed by atoms with Gasteiger partial charge in [0.05, 0.1) is 24.8 Å². The van der Waals surface area contributed by atoms with Gasteiger partial charge in [-0.05, 0) is 43.9 Å². The molecule has 0 bridgehead atoms. The van der Waals surface area contributed by atoms with Gasteiger partial charge in [0.1, 0.15) is 0 Å². The zero-order valence-electron chi connectivity index (χ0n) is 17.3. The molecule has 0 spiro atoms. The third kappa shape index (κ3) is 6.25. The van der Waals surface area contributed by atoms with Crippen LogP contribution in [0.3, 0.4) is 0 Å². The number of ether oxygens (including phenoxy) is 2. The summed E-state index contributed by atoms with van der Waals surface area (Å²) in [5.74, 6) is 2.83. The molecule has 1 heterocycles. The second-order valence-corrected chi connectivity index (χ2v) is 9.86. The number of guanidine groups is 1. The molecule has 29 heavy (non-hydrogen) atoms. The fourth-order valence-electron chi connectivity index (χ4n) is 3.81. The minimum absolute atomic E-state index is 0.287. The Labute approximate surface area is 181 Å². The monoisotopic (exact) mass is 441 g/mol.